The maximum atomic E-state index is 13.2. The molecule has 40 heavy (non-hydrogen) atoms. The number of nitrogens with one attached hydrogen (secondary N) is 2. The molecule has 2 aromatic carbocycles. The van der Waals surface area contributed by atoms with Crippen LogP contribution in [-0.4, -0.2) is 54.8 Å². The van der Waals surface area contributed by atoms with Crippen LogP contribution in [0.2, 0.25) is 0 Å². The number of hydrogen-bond donors (Lipinski definition) is 3. The predicted octanol–water partition coefficient (Wildman–Crippen LogP) is 3.67. The summed E-state index contributed by atoms with van der Waals surface area (Å²) in [6.45, 7) is 2.77. The Labute approximate surface area is 233 Å². The van der Waals surface area contributed by atoms with Gasteiger partial charge >= 0.3 is 0 Å². The lowest BCUT2D eigenvalue weighted by Crippen LogP contribution is -2.36. The number of fused-ring (bicyclic) bond motifs is 1. The number of aromatic nitrogens is 3. The molecule has 11 heteroatoms. The number of rotatable bonds is 10. The summed E-state index contributed by atoms with van der Waals surface area (Å²) in [4.78, 5) is 12.2. The fraction of sp³-hybridized carbons (Fsp3) is 0.276. The largest absolute Gasteiger partial charge is 0.495 e. The molecule has 3 heterocycles. The standard InChI is InChI=1S/C29H31N5O5S/c1-19-11-13-32-29(33-19)34-40(36,37)28-15-21(7-10-27(28)38-2)20-6-9-26-22(14-20)5-8-24(39-26)17-31-18-25(35)23-4-3-12-30-16-23/h3-4,6-7,9-16,24-25,31,35H,5,8,17-18H2,1-2H3,(H,32,33,34). The number of aliphatic hydroxyl groups is 1. The first-order valence-corrected chi connectivity index (χ1v) is 14.4. The van der Waals surface area contributed by atoms with Crippen LogP contribution in [0.15, 0.2) is 78.1 Å². The fourth-order valence-corrected chi connectivity index (χ4v) is 5.73. The number of benzene rings is 2. The second-order valence-electron chi connectivity index (χ2n) is 9.55. The van der Waals surface area contributed by atoms with Gasteiger partial charge in [-0.05, 0) is 72.9 Å². The van der Waals surface area contributed by atoms with Crippen LogP contribution >= 0.6 is 0 Å². The van der Waals surface area contributed by atoms with Gasteiger partial charge in [-0.15, -0.1) is 0 Å². The third kappa shape index (κ3) is 6.39. The van der Waals surface area contributed by atoms with Crippen LogP contribution in [0, 0.1) is 6.92 Å². The van der Waals surface area contributed by atoms with Gasteiger partial charge in [0.25, 0.3) is 10.0 Å². The van der Waals surface area contributed by atoms with Crippen LogP contribution in [-0.2, 0) is 16.4 Å². The monoisotopic (exact) mass is 561 g/mol. The third-order valence-electron chi connectivity index (χ3n) is 6.68. The highest BCUT2D eigenvalue weighted by atomic mass is 32.2. The van der Waals surface area contributed by atoms with E-state index in [0.717, 1.165) is 40.8 Å². The summed E-state index contributed by atoms with van der Waals surface area (Å²) in [6.07, 6.45) is 5.81. The van der Waals surface area contributed by atoms with Gasteiger partial charge in [0.15, 0.2) is 0 Å². The summed E-state index contributed by atoms with van der Waals surface area (Å²) in [7, 11) is -2.58. The van der Waals surface area contributed by atoms with E-state index in [9.17, 15) is 13.5 Å². The number of aliphatic hydroxyl groups excluding tert-OH is 1. The van der Waals surface area contributed by atoms with E-state index in [-0.39, 0.29) is 22.7 Å². The van der Waals surface area contributed by atoms with Gasteiger partial charge in [-0.2, -0.15) is 0 Å². The van der Waals surface area contributed by atoms with E-state index in [2.05, 4.69) is 25.0 Å². The summed E-state index contributed by atoms with van der Waals surface area (Å²) < 4.78 is 40.5. The zero-order valence-electron chi connectivity index (χ0n) is 22.2. The van der Waals surface area contributed by atoms with E-state index in [4.69, 9.17) is 9.47 Å². The molecule has 2 atom stereocenters. The van der Waals surface area contributed by atoms with Crippen LogP contribution < -0.4 is 19.5 Å². The number of methoxy groups -OCH3 is 1. The first-order valence-electron chi connectivity index (χ1n) is 12.9. The molecule has 2 unspecified atom stereocenters. The van der Waals surface area contributed by atoms with Gasteiger partial charge in [0.05, 0.1) is 13.2 Å². The van der Waals surface area contributed by atoms with E-state index in [1.807, 2.05) is 30.3 Å². The molecule has 0 aliphatic carbocycles. The number of nitrogens with zero attached hydrogens (tertiary/aromatic N) is 3. The molecule has 0 saturated carbocycles. The minimum absolute atomic E-state index is 0.00554. The molecule has 0 fully saturated rings. The predicted molar refractivity (Wildman–Crippen MR) is 151 cm³/mol. The number of ether oxygens (including phenoxy) is 2. The number of sulfonamides is 1. The third-order valence-corrected chi connectivity index (χ3v) is 8.02. The van der Waals surface area contributed by atoms with Crippen molar-refractivity contribution in [2.24, 2.45) is 0 Å². The topological polar surface area (TPSA) is 136 Å². The number of hydrogen-bond acceptors (Lipinski definition) is 9. The van der Waals surface area contributed by atoms with Crippen molar-refractivity contribution in [1.29, 1.82) is 0 Å². The normalized spacial score (nSPS) is 15.5. The first kappa shape index (κ1) is 27.5. The highest BCUT2D eigenvalue weighted by Gasteiger charge is 2.24. The lowest BCUT2D eigenvalue weighted by molar-refractivity contribution is 0.146. The SMILES string of the molecule is COc1ccc(-c2ccc3c(c2)CCC(CNCC(O)c2cccnc2)O3)cc1S(=O)(=O)Nc1nccc(C)n1. The van der Waals surface area contributed by atoms with Crippen molar-refractivity contribution in [2.45, 2.75) is 36.9 Å². The summed E-state index contributed by atoms with van der Waals surface area (Å²) in [5, 5.41) is 13.6. The van der Waals surface area contributed by atoms with Crippen molar-refractivity contribution in [1.82, 2.24) is 20.3 Å². The Kier molecular flexibility index (Phi) is 8.24. The van der Waals surface area contributed by atoms with Crippen LogP contribution in [0.4, 0.5) is 5.95 Å². The average Bonchev–Trinajstić information content (AvgIpc) is 2.96. The molecule has 2 aromatic heterocycles. The zero-order chi connectivity index (χ0) is 28.1. The molecule has 0 radical (unpaired) electrons. The Hall–Kier alpha value is -4.06. The van der Waals surface area contributed by atoms with Crippen molar-refractivity contribution in [3.05, 3.63) is 90.0 Å². The second-order valence-corrected chi connectivity index (χ2v) is 11.2. The average molecular weight is 562 g/mol. The maximum Gasteiger partial charge on any atom is 0.267 e. The molecule has 0 bridgehead atoms. The lowest BCUT2D eigenvalue weighted by Gasteiger charge is -2.27. The van der Waals surface area contributed by atoms with Gasteiger partial charge in [-0.1, -0.05) is 18.2 Å². The van der Waals surface area contributed by atoms with Gasteiger partial charge < -0.3 is 19.9 Å². The first-order chi connectivity index (χ1) is 19.3. The Morgan fingerprint density at radius 2 is 1.95 bits per heavy atom. The van der Waals surface area contributed by atoms with E-state index in [1.165, 1.54) is 13.3 Å². The van der Waals surface area contributed by atoms with Crippen LogP contribution in [0.5, 0.6) is 11.5 Å². The number of anilines is 1. The molecule has 4 aromatic rings. The molecule has 10 nitrogen and oxygen atoms in total. The van der Waals surface area contributed by atoms with Crippen molar-refractivity contribution in [3.8, 4) is 22.6 Å². The maximum absolute atomic E-state index is 13.2. The molecule has 0 spiro atoms. The minimum Gasteiger partial charge on any atom is -0.495 e. The highest BCUT2D eigenvalue weighted by molar-refractivity contribution is 7.92. The minimum atomic E-state index is -4.01. The van der Waals surface area contributed by atoms with Gasteiger partial charge in [0.2, 0.25) is 5.95 Å². The van der Waals surface area contributed by atoms with Gasteiger partial charge in [0.1, 0.15) is 22.5 Å². The fourth-order valence-electron chi connectivity index (χ4n) is 4.58. The number of aryl methyl sites for hydroxylation is 2. The van der Waals surface area contributed by atoms with Crippen molar-refractivity contribution < 1.29 is 23.0 Å². The summed E-state index contributed by atoms with van der Waals surface area (Å²) in [5.74, 6) is 1.01. The van der Waals surface area contributed by atoms with Crippen molar-refractivity contribution in [2.75, 3.05) is 24.9 Å². The summed E-state index contributed by atoms with van der Waals surface area (Å²) in [6, 6.07) is 16.2. The van der Waals surface area contributed by atoms with Gasteiger partial charge in [0, 0.05) is 42.9 Å². The van der Waals surface area contributed by atoms with E-state index >= 15 is 0 Å². The molecule has 0 saturated heterocycles. The van der Waals surface area contributed by atoms with E-state index in [0.29, 0.717) is 18.8 Å². The molecule has 1 aliphatic heterocycles. The summed E-state index contributed by atoms with van der Waals surface area (Å²) >= 11 is 0. The molecule has 3 N–H and O–H groups in total. The van der Waals surface area contributed by atoms with E-state index < -0.39 is 16.1 Å². The molecule has 5 rings (SSSR count). The second kappa shape index (κ2) is 12.0. The quantitative estimate of drug-likeness (QED) is 0.265. The Balaban J connectivity index is 1.28. The molecule has 1 aliphatic rings. The van der Waals surface area contributed by atoms with E-state index in [1.54, 1.807) is 43.6 Å². The Bertz CT molecular complexity index is 1580. The van der Waals surface area contributed by atoms with Crippen molar-refractivity contribution >= 4 is 16.0 Å². The molecular formula is C29H31N5O5S. The number of pyridine rings is 1. The smallest absolute Gasteiger partial charge is 0.267 e. The Morgan fingerprint density at radius 1 is 1.12 bits per heavy atom. The van der Waals surface area contributed by atoms with Crippen LogP contribution in [0.25, 0.3) is 11.1 Å². The van der Waals surface area contributed by atoms with Gasteiger partial charge in [-0.3, -0.25) is 4.98 Å². The lowest BCUT2D eigenvalue weighted by atomic mass is 9.97. The molecular weight excluding hydrogens is 530 g/mol. The highest BCUT2D eigenvalue weighted by Crippen LogP contribution is 2.35. The molecule has 208 valence electrons. The Morgan fingerprint density at radius 3 is 2.73 bits per heavy atom. The van der Waals surface area contributed by atoms with Crippen LogP contribution in [0.3, 0.4) is 0 Å². The summed E-state index contributed by atoms with van der Waals surface area (Å²) in [5.41, 5.74) is 4.05. The van der Waals surface area contributed by atoms with Crippen molar-refractivity contribution in [3.63, 3.8) is 0 Å². The zero-order valence-corrected chi connectivity index (χ0v) is 23.1. The van der Waals surface area contributed by atoms with Crippen LogP contribution in [0.1, 0.15) is 29.3 Å². The molecule has 0 amide bonds. The van der Waals surface area contributed by atoms with Gasteiger partial charge in [-0.25, -0.2) is 23.1 Å².